The van der Waals surface area contributed by atoms with Gasteiger partial charge in [-0.05, 0) is 24.0 Å². The summed E-state index contributed by atoms with van der Waals surface area (Å²) in [6, 6.07) is 5.10. The number of ketones is 3. The van der Waals surface area contributed by atoms with Gasteiger partial charge in [0.25, 0.3) is 5.91 Å². The summed E-state index contributed by atoms with van der Waals surface area (Å²) in [5.74, 6) is -2.26. The Labute approximate surface area is 150 Å². The Morgan fingerprint density at radius 1 is 1.12 bits per heavy atom. The van der Waals surface area contributed by atoms with Gasteiger partial charge in [-0.3, -0.25) is 19.2 Å². The van der Waals surface area contributed by atoms with E-state index < -0.39 is 23.3 Å². The van der Waals surface area contributed by atoms with Crippen molar-refractivity contribution in [3.8, 4) is 0 Å². The molecule has 3 rings (SSSR count). The molecule has 1 heterocycles. The molecule has 2 aromatic rings. The topological polar surface area (TPSA) is 93.4 Å². The molecule has 1 aliphatic carbocycles. The Bertz CT molecular complexity index is 965. The third-order valence-corrected chi connectivity index (χ3v) is 4.33. The highest BCUT2D eigenvalue weighted by Gasteiger charge is 2.40. The molecule has 0 bridgehead atoms. The number of hydrogen-bond donors (Lipinski definition) is 1. The second-order valence-electron chi connectivity index (χ2n) is 6.78. The fourth-order valence-electron chi connectivity index (χ4n) is 3.23. The van der Waals surface area contributed by atoms with E-state index in [0.29, 0.717) is 5.92 Å². The quantitative estimate of drug-likeness (QED) is 0.728. The number of furan rings is 1. The van der Waals surface area contributed by atoms with E-state index in [-0.39, 0.29) is 33.8 Å². The first-order chi connectivity index (χ1) is 12.3. The number of fused-ring (bicyclic) bond motifs is 2. The van der Waals surface area contributed by atoms with E-state index in [1.807, 2.05) is 0 Å². The van der Waals surface area contributed by atoms with Crippen LogP contribution in [-0.2, 0) is 6.42 Å². The van der Waals surface area contributed by atoms with E-state index in [4.69, 9.17) is 4.42 Å². The maximum Gasteiger partial charge on any atom is 0.255 e. The van der Waals surface area contributed by atoms with E-state index >= 15 is 0 Å². The highest BCUT2D eigenvalue weighted by Crippen LogP contribution is 2.34. The Balaban J connectivity index is 2.22. The molecule has 0 aliphatic heterocycles. The normalized spacial score (nSPS) is 12.8. The first-order valence-corrected chi connectivity index (χ1v) is 8.38. The molecule has 0 atom stereocenters. The molecule has 0 saturated heterocycles. The lowest BCUT2D eigenvalue weighted by molar-refractivity contribution is 0.0930. The SMILES string of the molecule is CNC(=O)c1c(C(C)=O)oc2c1C(=O)c1ccc(CC(C)C)cc1C2=O. The minimum atomic E-state index is -0.638. The van der Waals surface area contributed by atoms with Gasteiger partial charge < -0.3 is 9.73 Å². The molecular formula is C20H19NO5. The van der Waals surface area contributed by atoms with E-state index in [9.17, 15) is 19.2 Å². The number of hydrogen-bond acceptors (Lipinski definition) is 5. The third-order valence-electron chi connectivity index (χ3n) is 4.33. The first-order valence-electron chi connectivity index (χ1n) is 8.38. The summed E-state index contributed by atoms with van der Waals surface area (Å²) in [5, 5.41) is 2.39. The van der Waals surface area contributed by atoms with Crippen LogP contribution in [0.4, 0.5) is 0 Å². The van der Waals surface area contributed by atoms with Gasteiger partial charge in [-0.2, -0.15) is 0 Å². The van der Waals surface area contributed by atoms with Crippen LogP contribution in [0.3, 0.4) is 0 Å². The van der Waals surface area contributed by atoms with Gasteiger partial charge in [-0.1, -0.05) is 26.0 Å². The molecule has 1 N–H and O–H groups in total. The van der Waals surface area contributed by atoms with Crippen molar-refractivity contribution in [2.24, 2.45) is 5.92 Å². The average Bonchev–Trinajstić information content (AvgIpc) is 2.99. The van der Waals surface area contributed by atoms with Crippen LogP contribution in [0.1, 0.15) is 79.3 Å². The number of carbonyl (C=O) groups is 4. The fourth-order valence-corrected chi connectivity index (χ4v) is 3.23. The van der Waals surface area contributed by atoms with Crippen LogP contribution >= 0.6 is 0 Å². The lowest BCUT2D eigenvalue weighted by atomic mass is 9.84. The van der Waals surface area contributed by atoms with E-state index in [1.165, 1.54) is 14.0 Å². The van der Waals surface area contributed by atoms with Gasteiger partial charge in [0.2, 0.25) is 5.78 Å². The molecular weight excluding hydrogens is 334 g/mol. The van der Waals surface area contributed by atoms with Gasteiger partial charge in [0.1, 0.15) is 5.56 Å². The predicted octanol–water partition coefficient (Wildman–Crippen LogP) is 2.82. The predicted molar refractivity (Wildman–Crippen MR) is 94.0 cm³/mol. The zero-order chi connectivity index (χ0) is 19.2. The Morgan fingerprint density at radius 3 is 2.38 bits per heavy atom. The zero-order valence-electron chi connectivity index (χ0n) is 15.1. The van der Waals surface area contributed by atoms with Gasteiger partial charge in [0, 0.05) is 25.1 Å². The van der Waals surface area contributed by atoms with Crippen LogP contribution in [0.5, 0.6) is 0 Å². The maximum absolute atomic E-state index is 13.0. The molecule has 0 unspecified atom stereocenters. The second kappa shape index (κ2) is 6.37. The first kappa shape index (κ1) is 17.8. The van der Waals surface area contributed by atoms with Crippen LogP contribution < -0.4 is 5.32 Å². The molecule has 0 spiro atoms. The van der Waals surface area contributed by atoms with Crippen LogP contribution in [0.2, 0.25) is 0 Å². The number of nitrogens with one attached hydrogen (secondary N) is 1. The van der Waals surface area contributed by atoms with Crippen molar-refractivity contribution in [3.63, 3.8) is 0 Å². The van der Waals surface area contributed by atoms with Crippen LogP contribution in [-0.4, -0.2) is 30.3 Å². The van der Waals surface area contributed by atoms with Gasteiger partial charge >= 0.3 is 0 Å². The van der Waals surface area contributed by atoms with E-state index in [0.717, 1.165) is 12.0 Å². The maximum atomic E-state index is 13.0. The second-order valence-corrected chi connectivity index (χ2v) is 6.78. The summed E-state index contributed by atoms with van der Waals surface area (Å²) >= 11 is 0. The van der Waals surface area contributed by atoms with Crippen molar-refractivity contribution in [2.75, 3.05) is 7.05 Å². The zero-order valence-corrected chi connectivity index (χ0v) is 15.1. The molecule has 1 aliphatic rings. The molecule has 26 heavy (non-hydrogen) atoms. The van der Waals surface area contributed by atoms with E-state index in [1.54, 1.807) is 18.2 Å². The van der Waals surface area contributed by atoms with Crippen molar-refractivity contribution in [2.45, 2.75) is 27.2 Å². The minimum absolute atomic E-state index is 0.136. The largest absolute Gasteiger partial charge is 0.448 e. The smallest absolute Gasteiger partial charge is 0.255 e. The van der Waals surface area contributed by atoms with Crippen molar-refractivity contribution < 1.29 is 23.6 Å². The number of rotatable bonds is 4. The van der Waals surface area contributed by atoms with Crippen LogP contribution in [0.25, 0.3) is 0 Å². The molecule has 6 heteroatoms. The summed E-state index contributed by atoms with van der Waals surface area (Å²) in [4.78, 5) is 50.0. The van der Waals surface area contributed by atoms with Crippen LogP contribution in [0, 0.1) is 5.92 Å². The lowest BCUT2D eigenvalue weighted by Crippen LogP contribution is -2.26. The molecule has 1 aromatic heterocycles. The summed E-state index contributed by atoms with van der Waals surface area (Å²) in [6.07, 6.45) is 0.766. The Hall–Kier alpha value is -3.02. The summed E-state index contributed by atoms with van der Waals surface area (Å²) in [6.45, 7) is 5.34. The number of benzene rings is 1. The lowest BCUT2D eigenvalue weighted by Gasteiger charge is -2.16. The monoisotopic (exact) mass is 353 g/mol. The van der Waals surface area contributed by atoms with Crippen molar-refractivity contribution in [3.05, 3.63) is 57.5 Å². The standard InChI is InChI=1S/C20H19NO5/c1-9(2)7-11-5-6-12-13(8-11)17(24)19-14(16(12)23)15(20(25)21-4)18(26-19)10(3)22/h5-6,8-9H,7H2,1-4H3,(H,21,25). The summed E-state index contributed by atoms with van der Waals surface area (Å²) in [5.41, 5.74) is 1.09. The Morgan fingerprint density at radius 2 is 1.81 bits per heavy atom. The fraction of sp³-hybridized carbons (Fsp3) is 0.300. The van der Waals surface area contributed by atoms with Gasteiger partial charge in [-0.15, -0.1) is 0 Å². The third kappa shape index (κ3) is 2.67. The highest BCUT2D eigenvalue weighted by atomic mass is 16.4. The van der Waals surface area contributed by atoms with Crippen molar-refractivity contribution >= 4 is 23.3 Å². The van der Waals surface area contributed by atoms with Gasteiger partial charge in [-0.25, -0.2) is 0 Å². The molecule has 6 nitrogen and oxygen atoms in total. The molecule has 134 valence electrons. The molecule has 0 saturated carbocycles. The number of amides is 1. The molecule has 1 amide bonds. The van der Waals surface area contributed by atoms with Crippen LogP contribution in [0.15, 0.2) is 22.6 Å². The number of Topliss-reactive ketones (excluding diaryl/α,β-unsaturated/α-hetero) is 1. The van der Waals surface area contributed by atoms with Crippen molar-refractivity contribution in [1.29, 1.82) is 0 Å². The minimum Gasteiger partial charge on any atom is -0.448 e. The molecule has 1 aromatic carbocycles. The molecule has 0 fully saturated rings. The summed E-state index contributed by atoms with van der Waals surface area (Å²) < 4.78 is 5.40. The van der Waals surface area contributed by atoms with Gasteiger partial charge in [0.05, 0.1) is 5.56 Å². The molecule has 0 radical (unpaired) electrons. The summed E-state index contributed by atoms with van der Waals surface area (Å²) in [7, 11) is 1.38. The van der Waals surface area contributed by atoms with Gasteiger partial charge in [0.15, 0.2) is 23.1 Å². The number of carbonyl (C=O) groups excluding carboxylic acids is 4. The van der Waals surface area contributed by atoms with Crippen molar-refractivity contribution in [1.82, 2.24) is 5.32 Å². The highest BCUT2D eigenvalue weighted by molar-refractivity contribution is 6.31. The average molecular weight is 353 g/mol. The Kier molecular flexibility index (Phi) is 4.36. The van der Waals surface area contributed by atoms with E-state index in [2.05, 4.69) is 19.2 Å².